The molecule has 1 atom stereocenters. The van der Waals surface area contributed by atoms with E-state index in [-0.39, 0.29) is 18.1 Å². The number of piperidine rings is 1. The van der Waals surface area contributed by atoms with Crippen LogP contribution in [0.1, 0.15) is 44.6 Å². The van der Waals surface area contributed by atoms with Crippen molar-refractivity contribution in [3.8, 4) is 11.5 Å². The Balaban J connectivity index is 1.40. The van der Waals surface area contributed by atoms with E-state index >= 15 is 0 Å². The number of ether oxygens (including phenoxy) is 3. The van der Waals surface area contributed by atoms with Crippen molar-refractivity contribution in [3.05, 3.63) is 23.8 Å². The number of rotatable bonds is 6. The lowest BCUT2D eigenvalue weighted by atomic mass is 9.74. The van der Waals surface area contributed by atoms with E-state index < -0.39 is 0 Å². The quantitative estimate of drug-likeness (QED) is 0.784. The van der Waals surface area contributed by atoms with Crippen LogP contribution in [0.25, 0.3) is 0 Å². The van der Waals surface area contributed by atoms with Crippen LogP contribution in [-0.2, 0) is 14.9 Å². The van der Waals surface area contributed by atoms with Crippen LogP contribution < -0.4 is 20.1 Å². The van der Waals surface area contributed by atoms with Crippen molar-refractivity contribution in [2.45, 2.75) is 44.4 Å². The maximum Gasteiger partial charge on any atom is 0.231 e. The normalized spacial score (nSPS) is 22.6. The maximum absolute atomic E-state index is 12.7. The smallest absolute Gasteiger partial charge is 0.231 e. The second-order valence-corrected chi connectivity index (χ2v) is 8.51. The van der Waals surface area contributed by atoms with Crippen LogP contribution in [0.5, 0.6) is 11.5 Å². The predicted molar refractivity (Wildman–Crippen MR) is 107 cm³/mol. The van der Waals surface area contributed by atoms with E-state index in [1.54, 1.807) is 0 Å². The highest BCUT2D eigenvalue weighted by Crippen LogP contribution is 2.40. The third-order valence-corrected chi connectivity index (χ3v) is 6.75. The van der Waals surface area contributed by atoms with Gasteiger partial charge < -0.3 is 24.8 Å². The number of fused-ring (bicyclic) bond motifs is 1. The number of hydrogen-bond acceptors (Lipinski definition) is 5. The van der Waals surface area contributed by atoms with Crippen LogP contribution in [0.15, 0.2) is 18.2 Å². The van der Waals surface area contributed by atoms with Gasteiger partial charge in [0.15, 0.2) is 11.5 Å². The summed E-state index contributed by atoms with van der Waals surface area (Å²) < 4.78 is 16.6. The minimum atomic E-state index is -0.104. The summed E-state index contributed by atoms with van der Waals surface area (Å²) in [4.78, 5) is 12.7. The van der Waals surface area contributed by atoms with Gasteiger partial charge in [-0.3, -0.25) is 4.79 Å². The van der Waals surface area contributed by atoms with Crippen LogP contribution in [0.4, 0.5) is 0 Å². The van der Waals surface area contributed by atoms with Crippen molar-refractivity contribution in [1.82, 2.24) is 10.6 Å². The van der Waals surface area contributed by atoms with Crippen molar-refractivity contribution < 1.29 is 19.0 Å². The van der Waals surface area contributed by atoms with Crippen LogP contribution in [0, 0.1) is 11.8 Å². The maximum atomic E-state index is 12.7. The largest absolute Gasteiger partial charge is 0.454 e. The molecule has 0 saturated carbocycles. The van der Waals surface area contributed by atoms with Gasteiger partial charge in [0.1, 0.15) is 0 Å². The molecule has 0 spiro atoms. The SMILES string of the molecule is CC(CC(=O)NCC1(c2ccc3c(c2)OCO3)CCOCC1)C1CCNCC1. The Hall–Kier alpha value is -1.79. The Morgan fingerprint density at radius 3 is 2.75 bits per heavy atom. The number of hydrogen-bond donors (Lipinski definition) is 2. The van der Waals surface area contributed by atoms with Gasteiger partial charge in [-0.05, 0) is 68.3 Å². The van der Waals surface area contributed by atoms with Gasteiger partial charge in [-0.15, -0.1) is 0 Å². The molecule has 2 fully saturated rings. The lowest BCUT2D eigenvalue weighted by molar-refractivity contribution is -0.122. The van der Waals surface area contributed by atoms with Gasteiger partial charge in [-0.25, -0.2) is 0 Å². The molecule has 0 aliphatic carbocycles. The van der Waals surface area contributed by atoms with E-state index in [1.165, 1.54) is 18.4 Å². The molecule has 1 unspecified atom stereocenters. The molecule has 1 aromatic rings. The molecule has 3 aliphatic heterocycles. The summed E-state index contributed by atoms with van der Waals surface area (Å²) >= 11 is 0. The Labute approximate surface area is 167 Å². The fraction of sp³-hybridized carbons (Fsp3) is 0.682. The summed E-state index contributed by atoms with van der Waals surface area (Å²) in [5, 5.41) is 6.65. The summed E-state index contributed by atoms with van der Waals surface area (Å²) in [7, 11) is 0. The van der Waals surface area contributed by atoms with E-state index in [9.17, 15) is 4.79 Å². The molecular formula is C22H32N2O4. The Morgan fingerprint density at radius 2 is 1.96 bits per heavy atom. The molecule has 154 valence electrons. The fourth-order valence-electron chi connectivity index (χ4n) is 4.77. The number of nitrogens with one attached hydrogen (secondary N) is 2. The number of benzene rings is 1. The van der Waals surface area contributed by atoms with Crippen LogP contribution in [0.2, 0.25) is 0 Å². The molecule has 6 nitrogen and oxygen atoms in total. The van der Waals surface area contributed by atoms with Gasteiger partial charge in [-0.2, -0.15) is 0 Å². The third kappa shape index (κ3) is 4.28. The van der Waals surface area contributed by atoms with E-state index in [4.69, 9.17) is 14.2 Å². The molecule has 3 aliphatic rings. The average Bonchev–Trinajstić information content (AvgIpc) is 3.21. The second-order valence-electron chi connectivity index (χ2n) is 8.51. The van der Waals surface area contributed by atoms with Crippen molar-refractivity contribution in [2.24, 2.45) is 11.8 Å². The Morgan fingerprint density at radius 1 is 1.21 bits per heavy atom. The molecule has 0 aromatic heterocycles. The highest BCUT2D eigenvalue weighted by molar-refractivity contribution is 5.76. The van der Waals surface area contributed by atoms with E-state index in [2.05, 4.69) is 29.7 Å². The van der Waals surface area contributed by atoms with Crippen molar-refractivity contribution in [1.29, 1.82) is 0 Å². The molecule has 4 rings (SSSR count). The number of carbonyl (C=O) groups is 1. The summed E-state index contributed by atoms with van der Waals surface area (Å²) in [6.45, 7) is 6.73. The minimum absolute atomic E-state index is 0.104. The van der Waals surface area contributed by atoms with Crippen LogP contribution in [-0.4, -0.2) is 45.5 Å². The van der Waals surface area contributed by atoms with Crippen molar-refractivity contribution >= 4 is 5.91 Å². The van der Waals surface area contributed by atoms with E-state index in [0.29, 0.717) is 24.8 Å². The van der Waals surface area contributed by atoms with Gasteiger partial charge in [0.25, 0.3) is 0 Å². The first-order valence-electron chi connectivity index (χ1n) is 10.6. The first kappa shape index (κ1) is 19.5. The minimum Gasteiger partial charge on any atom is -0.454 e. The number of amides is 1. The Kier molecular flexibility index (Phi) is 6.07. The molecule has 6 heteroatoms. The van der Waals surface area contributed by atoms with Gasteiger partial charge in [0.2, 0.25) is 12.7 Å². The summed E-state index contributed by atoms with van der Waals surface area (Å²) in [5.74, 6) is 2.84. The summed E-state index contributed by atoms with van der Waals surface area (Å²) in [6, 6.07) is 6.18. The fourth-order valence-corrected chi connectivity index (χ4v) is 4.77. The highest BCUT2D eigenvalue weighted by Gasteiger charge is 2.36. The van der Waals surface area contributed by atoms with Crippen LogP contribution >= 0.6 is 0 Å². The molecule has 2 saturated heterocycles. The zero-order chi connectivity index (χ0) is 19.4. The lowest BCUT2D eigenvalue weighted by Crippen LogP contribution is -2.45. The Bertz CT molecular complexity index is 681. The molecule has 0 bridgehead atoms. The zero-order valence-corrected chi connectivity index (χ0v) is 16.8. The molecule has 1 amide bonds. The summed E-state index contributed by atoms with van der Waals surface area (Å²) in [5.41, 5.74) is 1.10. The predicted octanol–water partition coefficient (Wildman–Crippen LogP) is 2.61. The van der Waals surface area contributed by atoms with Crippen LogP contribution in [0.3, 0.4) is 0 Å². The zero-order valence-electron chi connectivity index (χ0n) is 16.8. The monoisotopic (exact) mass is 388 g/mol. The molecule has 0 radical (unpaired) electrons. The standard InChI is InChI=1S/C22H32N2O4/c1-16(17-4-8-23-9-5-17)12-21(25)24-14-22(6-10-26-11-7-22)18-2-3-19-20(13-18)28-15-27-19/h2-3,13,16-17,23H,4-12,14-15H2,1H3,(H,24,25). The van der Waals surface area contributed by atoms with E-state index in [0.717, 1.165) is 50.6 Å². The van der Waals surface area contributed by atoms with Crippen molar-refractivity contribution in [2.75, 3.05) is 39.6 Å². The molecule has 3 heterocycles. The highest BCUT2D eigenvalue weighted by atomic mass is 16.7. The van der Waals surface area contributed by atoms with Gasteiger partial charge >= 0.3 is 0 Å². The first-order valence-corrected chi connectivity index (χ1v) is 10.6. The average molecular weight is 389 g/mol. The number of carbonyl (C=O) groups excluding carboxylic acids is 1. The van der Waals surface area contributed by atoms with Crippen molar-refractivity contribution in [3.63, 3.8) is 0 Å². The lowest BCUT2D eigenvalue weighted by Gasteiger charge is -2.38. The first-order chi connectivity index (χ1) is 13.7. The topological polar surface area (TPSA) is 68.8 Å². The summed E-state index contributed by atoms with van der Waals surface area (Å²) in [6.07, 6.45) is 4.76. The third-order valence-electron chi connectivity index (χ3n) is 6.75. The molecule has 2 N–H and O–H groups in total. The van der Waals surface area contributed by atoms with Gasteiger partial charge in [-0.1, -0.05) is 13.0 Å². The van der Waals surface area contributed by atoms with Gasteiger partial charge in [0, 0.05) is 31.6 Å². The molecule has 1 aromatic carbocycles. The van der Waals surface area contributed by atoms with Gasteiger partial charge in [0.05, 0.1) is 0 Å². The second kappa shape index (κ2) is 8.70. The molecule has 28 heavy (non-hydrogen) atoms. The molecular weight excluding hydrogens is 356 g/mol. The van der Waals surface area contributed by atoms with E-state index in [1.807, 2.05) is 6.07 Å².